The van der Waals surface area contributed by atoms with Crippen LogP contribution in [0.2, 0.25) is 0 Å². The maximum atomic E-state index is 11.5. The fraction of sp³-hybridized carbons (Fsp3) is 0.545. The minimum Gasteiger partial charge on any atom is -0.391 e. The second-order valence-corrected chi connectivity index (χ2v) is 5.07. The Morgan fingerprint density at radius 2 is 2.53 bits per heavy atom. The third-order valence-electron chi connectivity index (χ3n) is 2.75. The molecule has 1 saturated heterocycles. The first-order chi connectivity index (χ1) is 7.16. The smallest absolute Gasteiger partial charge is 0.225 e. The van der Waals surface area contributed by atoms with E-state index < -0.39 is 6.10 Å². The van der Waals surface area contributed by atoms with Crippen molar-refractivity contribution in [3.63, 3.8) is 0 Å². The first-order valence-electron chi connectivity index (χ1n) is 5.16. The van der Waals surface area contributed by atoms with E-state index in [1.54, 1.807) is 16.2 Å². The Morgan fingerprint density at radius 3 is 3.07 bits per heavy atom. The number of carbonyl (C=O) groups is 1. The molecule has 0 radical (unpaired) electrons. The van der Waals surface area contributed by atoms with E-state index in [4.69, 9.17) is 0 Å². The predicted molar refractivity (Wildman–Crippen MR) is 59.8 cm³/mol. The fourth-order valence-electron chi connectivity index (χ4n) is 1.97. The van der Waals surface area contributed by atoms with E-state index in [2.05, 4.69) is 6.07 Å². The van der Waals surface area contributed by atoms with Gasteiger partial charge in [-0.05, 0) is 18.4 Å². The van der Waals surface area contributed by atoms with Gasteiger partial charge in [-0.2, -0.15) is 0 Å². The minimum absolute atomic E-state index is 0.0755. The largest absolute Gasteiger partial charge is 0.391 e. The lowest BCUT2D eigenvalue weighted by Crippen LogP contribution is -2.36. The lowest BCUT2D eigenvalue weighted by Gasteiger charge is -2.23. The lowest BCUT2D eigenvalue weighted by molar-refractivity contribution is -0.129. The number of nitrogens with zero attached hydrogens (tertiary/aromatic N) is 1. The summed E-state index contributed by atoms with van der Waals surface area (Å²) >= 11 is 1.71. The minimum atomic E-state index is -0.469. The van der Waals surface area contributed by atoms with E-state index in [1.807, 2.05) is 18.4 Å². The number of aliphatic hydroxyl groups is 1. The van der Waals surface area contributed by atoms with E-state index >= 15 is 0 Å². The number of likely N-dealkylation sites (tertiary alicyclic amines) is 1. The molecule has 1 aromatic heterocycles. The van der Waals surface area contributed by atoms with Crippen LogP contribution in [0.4, 0.5) is 0 Å². The Labute approximate surface area is 93.3 Å². The first kappa shape index (κ1) is 10.6. The molecule has 0 aliphatic carbocycles. The molecule has 15 heavy (non-hydrogen) atoms. The first-order valence-corrected chi connectivity index (χ1v) is 6.04. The van der Waals surface area contributed by atoms with Crippen molar-refractivity contribution < 1.29 is 9.90 Å². The van der Waals surface area contributed by atoms with Crippen LogP contribution in [0.5, 0.6) is 0 Å². The zero-order chi connectivity index (χ0) is 10.8. The van der Waals surface area contributed by atoms with Crippen LogP contribution in [-0.4, -0.2) is 34.6 Å². The summed E-state index contributed by atoms with van der Waals surface area (Å²) in [6, 6.07) is 4.29. The molecule has 1 amide bonds. The van der Waals surface area contributed by atoms with Gasteiger partial charge in [-0.15, -0.1) is 11.3 Å². The standard InChI is InChI=1S/C11H15NO2S/c1-8(5-10-3-2-4-15-10)12-7-9(13)6-11(12)14/h2-4,8-9,13H,5-7H2,1H3. The van der Waals surface area contributed by atoms with Gasteiger partial charge in [0.25, 0.3) is 0 Å². The Hall–Kier alpha value is -0.870. The molecule has 1 aromatic rings. The number of carbonyl (C=O) groups excluding carboxylic acids is 1. The van der Waals surface area contributed by atoms with Gasteiger partial charge < -0.3 is 10.0 Å². The van der Waals surface area contributed by atoms with E-state index in [0.29, 0.717) is 6.54 Å². The van der Waals surface area contributed by atoms with Gasteiger partial charge in [-0.25, -0.2) is 0 Å². The molecule has 3 nitrogen and oxygen atoms in total. The summed E-state index contributed by atoms with van der Waals surface area (Å²) in [5, 5.41) is 11.4. The number of thiophene rings is 1. The molecule has 82 valence electrons. The van der Waals surface area contributed by atoms with Crippen LogP contribution >= 0.6 is 11.3 Å². The second-order valence-electron chi connectivity index (χ2n) is 4.04. The normalized spacial score (nSPS) is 23.5. The van der Waals surface area contributed by atoms with Crippen LogP contribution in [0, 0.1) is 0 Å². The summed E-state index contributed by atoms with van der Waals surface area (Å²) in [5.41, 5.74) is 0. The predicted octanol–water partition coefficient (Wildman–Crippen LogP) is 1.27. The van der Waals surface area contributed by atoms with E-state index in [0.717, 1.165) is 6.42 Å². The highest BCUT2D eigenvalue weighted by Gasteiger charge is 2.31. The Bertz CT molecular complexity index is 336. The number of β-amino-alcohol motifs (C(OH)–C–C–N with tert-alkyl or cyclic N) is 1. The molecular weight excluding hydrogens is 210 g/mol. The van der Waals surface area contributed by atoms with Crippen LogP contribution in [-0.2, 0) is 11.2 Å². The Balaban J connectivity index is 1.96. The van der Waals surface area contributed by atoms with Crippen LogP contribution < -0.4 is 0 Å². The van der Waals surface area contributed by atoms with Crippen molar-refractivity contribution >= 4 is 17.2 Å². The summed E-state index contributed by atoms with van der Waals surface area (Å²) in [6.45, 7) is 2.53. The fourth-order valence-corrected chi connectivity index (χ4v) is 2.79. The maximum Gasteiger partial charge on any atom is 0.225 e. The molecule has 2 unspecified atom stereocenters. The summed E-state index contributed by atoms with van der Waals surface area (Å²) in [6.07, 6.45) is 0.702. The van der Waals surface area contributed by atoms with E-state index in [1.165, 1.54) is 4.88 Å². The van der Waals surface area contributed by atoms with Gasteiger partial charge in [0.05, 0.1) is 12.5 Å². The second kappa shape index (κ2) is 4.33. The molecule has 1 aliphatic heterocycles. The van der Waals surface area contributed by atoms with Crippen molar-refractivity contribution in [2.75, 3.05) is 6.54 Å². The van der Waals surface area contributed by atoms with Gasteiger partial charge in [0.1, 0.15) is 0 Å². The van der Waals surface area contributed by atoms with Crippen molar-refractivity contribution in [2.24, 2.45) is 0 Å². The van der Waals surface area contributed by atoms with Gasteiger partial charge in [-0.1, -0.05) is 6.07 Å². The summed E-state index contributed by atoms with van der Waals surface area (Å²) in [4.78, 5) is 14.6. The number of aliphatic hydroxyl groups excluding tert-OH is 1. The molecule has 4 heteroatoms. The summed E-state index contributed by atoms with van der Waals surface area (Å²) in [5.74, 6) is 0.0755. The highest BCUT2D eigenvalue weighted by molar-refractivity contribution is 7.09. The molecule has 0 spiro atoms. The van der Waals surface area contributed by atoms with Gasteiger partial charge in [0.15, 0.2) is 0 Å². The third-order valence-corrected chi connectivity index (χ3v) is 3.65. The van der Waals surface area contributed by atoms with Crippen LogP contribution in [0.3, 0.4) is 0 Å². The average molecular weight is 225 g/mol. The van der Waals surface area contributed by atoms with E-state index in [9.17, 15) is 9.90 Å². The average Bonchev–Trinajstić information content (AvgIpc) is 2.75. The molecule has 2 atom stereocenters. The van der Waals surface area contributed by atoms with Crippen LogP contribution in [0.15, 0.2) is 17.5 Å². The van der Waals surface area contributed by atoms with Crippen molar-refractivity contribution in [2.45, 2.75) is 31.9 Å². The molecule has 1 fully saturated rings. The Morgan fingerprint density at radius 1 is 1.73 bits per heavy atom. The number of hydrogen-bond donors (Lipinski definition) is 1. The zero-order valence-electron chi connectivity index (χ0n) is 8.72. The van der Waals surface area contributed by atoms with E-state index in [-0.39, 0.29) is 18.4 Å². The number of amides is 1. The molecule has 0 bridgehead atoms. The highest BCUT2D eigenvalue weighted by Crippen LogP contribution is 2.19. The third kappa shape index (κ3) is 2.38. The quantitative estimate of drug-likeness (QED) is 0.841. The number of hydrogen-bond acceptors (Lipinski definition) is 3. The topological polar surface area (TPSA) is 40.5 Å². The van der Waals surface area contributed by atoms with Crippen molar-refractivity contribution in [1.82, 2.24) is 4.90 Å². The summed E-state index contributed by atoms with van der Waals surface area (Å²) in [7, 11) is 0. The monoisotopic (exact) mass is 225 g/mol. The molecule has 0 saturated carbocycles. The van der Waals surface area contributed by atoms with Gasteiger partial charge >= 0.3 is 0 Å². The van der Waals surface area contributed by atoms with Gasteiger partial charge in [0, 0.05) is 23.9 Å². The van der Waals surface area contributed by atoms with Crippen molar-refractivity contribution in [1.29, 1.82) is 0 Å². The van der Waals surface area contributed by atoms with Crippen LogP contribution in [0.1, 0.15) is 18.2 Å². The maximum absolute atomic E-state index is 11.5. The SMILES string of the molecule is CC(Cc1cccs1)N1CC(O)CC1=O. The van der Waals surface area contributed by atoms with Crippen molar-refractivity contribution in [3.8, 4) is 0 Å². The summed E-state index contributed by atoms with van der Waals surface area (Å²) < 4.78 is 0. The molecule has 1 N–H and O–H groups in total. The Kier molecular flexibility index (Phi) is 3.07. The zero-order valence-corrected chi connectivity index (χ0v) is 9.54. The van der Waals surface area contributed by atoms with Crippen molar-refractivity contribution in [3.05, 3.63) is 22.4 Å². The molecule has 1 aliphatic rings. The molecule has 2 rings (SSSR count). The molecule has 0 aromatic carbocycles. The van der Waals surface area contributed by atoms with Gasteiger partial charge in [0.2, 0.25) is 5.91 Å². The van der Waals surface area contributed by atoms with Gasteiger partial charge in [-0.3, -0.25) is 4.79 Å². The number of rotatable bonds is 3. The lowest BCUT2D eigenvalue weighted by atomic mass is 10.2. The highest BCUT2D eigenvalue weighted by atomic mass is 32.1. The van der Waals surface area contributed by atoms with Crippen LogP contribution in [0.25, 0.3) is 0 Å². The molecular formula is C11H15NO2S. The molecule has 2 heterocycles.